The predicted molar refractivity (Wildman–Crippen MR) is 56.1 cm³/mol. The lowest BCUT2D eigenvalue weighted by atomic mass is 9.96. The fraction of sp³-hybridized carbons (Fsp3) is 0.545. The van der Waals surface area contributed by atoms with Crippen LogP contribution in [0.1, 0.15) is 12.8 Å². The summed E-state index contributed by atoms with van der Waals surface area (Å²) in [5.41, 5.74) is 0. The van der Waals surface area contributed by atoms with Gasteiger partial charge in [-0.1, -0.05) is 24.3 Å². The van der Waals surface area contributed by atoms with Crippen LogP contribution in [0.2, 0.25) is 0 Å². The molecule has 2 heterocycles. The molecule has 0 fully saturated rings. The van der Waals surface area contributed by atoms with Gasteiger partial charge in [-0.05, 0) is 12.8 Å². The zero-order chi connectivity index (χ0) is 9.80. The number of carbonyl (C=O) groups excluding carboxylic acids is 1. The van der Waals surface area contributed by atoms with E-state index in [0.29, 0.717) is 5.78 Å². The van der Waals surface area contributed by atoms with Crippen LogP contribution in [0.25, 0.3) is 0 Å². The molecule has 2 rings (SSSR count). The first kappa shape index (κ1) is 9.62. The zero-order valence-electron chi connectivity index (χ0n) is 8.20. The van der Waals surface area contributed by atoms with Crippen molar-refractivity contribution in [3.63, 3.8) is 0 Å². The van der Waals surface area contributed by atoms with Crippen molar-refractivity contribution in [2.75, 3.05) is 13.1 Å². The molecule has 3 nitrogen and oxygen atoms in total. The summed E-state index contributed by atoms with van der Waals surface area (Å²) in [5, 5.41) is 6.43. The van der Waals surface area contributed by atoms with E-state index in [-0.39, 0.29) is 12.1 Å². The minimum atomic E-state index is 0.0176. The van der Waals surface area contributed by atoms with Crippen molar-refractivity contribution < 1.29 is 4.79 Å². The summed E-state index contributed by atoms with van der Waals surface area (Å²) in [5.74, 6) is 0.304. The molecular weight excluding hydrogens is 176 g/mol. The minimum Gasteiger partial charge on any atom is -0.304 e. The Morgan fingerprint density at radius 1 is 0.929 bits per heavy atom. The van der Waals surface area contributed by atoms with Crippen molar-refractivity contribution in [3.05, 3.63) is 24.3 Å². The van der Waals surface area contributed by atoms with Crippen molar-refractivity contribution in [1.29, 1.82) is 0 Å². The molecule has 0 amide bonds. The highest BCUT2D eigenvalue weighted by Crippen LogP contribution is 2.08. The van der Waals surface area contributed by atoms with E-state index in [1.165, 1.54) is 0 Å². The average molecular weight is 192 g/mol. The standard InChI is InChI=1S/C11H16N2O/c14-11(9-5-1-3-7-12-9)10-6-2-4-8-13-10/h1-4,9-10,12-13H,5-8H2. The van der Waals surface area contributed by atoms with Crippen LogP contribution in [0, 0.1) is 0 Å². The van der Waals surface area contributed by atoms with Crippen molar-refractivity contribution in [2.45, 2.75) is 24.9 Å². The first-order chi connectivity index (χ1) is 6.88. The highest BCUT2D eigenvalue weighted by molar-refractivity contribution is 5.89. The van der Waals surface area contributed by atoms with Crippen LogP contribution >= 0.6 is 0 Å². The largest absolute Gasteiger partial charge is 0.304 e. The highest BCUT2D eigenvalue weighted by Gasteiger charge is 2.26. The Morgan fingerprint density at radius 2 is 1.43 bits per heavy atom. The second kappa shape index (κ2) is 4.53. The lowest BCUT2D eigenvalue weighted by Crippen LogP contribution is -2.49. The fourth-order valence-electron chi connectivity index (χ4n) is 1.89. The van der Waals surface area contributed by atoms with E-state index in [0.717, 1.165) is 25.9 Å². The molecule has 2 aliphatic rings. The maximum Gasteiger partial charge on any atom is 0.167 e. The molecule has 0 radical (unpaired) electrons. The van der Waals surface area contributed by atoms with E-state index in [1.54, 1.807) is 0 Å². The van der Waals surface area contributed by atoms with Gasteiger partial charge in [0.1, 0.15) is 0 Å². The Bertz CT molecular complexity index is 244. The number of Topliss-reactive ketones (excluding diaryl/α,β-unsaturated/α-hetero) is 1. The van der Waals surface area contributed by atoms with Gasteiger partial charge in [-0.25, -0.2) is 0 Å². The smallest absolute Gasteiger partial charge is 0.167 e. The van der Waals surface area contributed by atoms with E-state index in [2.05, 4.69) is 34.9 Å². The third-order valence-electron chi connectivity index (χ3n) is 2.73. The summed E-state index contributed by atoms with van der Waals surface area (Å²) in [6.45, 7) is 1.64. The van der Waals surface area contributed by atoms with Crippen LogP contribution < -0.4 is 10.6 Å². The molecule has 0 spiro atoms. The Balaban J connectivity index is 1.93. The maximum absolute atomic E-state index is 12.0. The normalized spacial score (nSPS) is 31.7. The average Bonchev–Trinajstić information content (AvgIpc) is 2.30. The number of rotatable bonds is 2. The number of ketones is 1. The number of carbonyl (C=O) groups is 1. The van der Waals surface area contributed by atoms with Gasteiger partial charge in [0, 0.05) is 13.1 Å². The molecule has 0 aromatic carbocycles. The van der Waals surface area contributed by atoms with E-state index >= 15 is 0 Å². The summed E-state index contributed by atoms with van der Waals surface area (Å²) in [4.78, 5) is 12.0. The molecule has 2 unspecified atom stereocenters. The summed E-state index contributed by atoms with van der Waals surface area (Å²) in [7, 11) is 0. The number of nitrogens with one attached hydrogen (secondary N) is 2. The number of hydrogen-bond donors (Lipinski definition) is 2. The van der Waals surface area contributed by atoms with Crippen molar-refractivity contribution in [1.82, 2.24) is 10.6 Å². The van der Waals surface area contributed by atoms with Crippen LogP contribution in [0.5, 0.6) is 0 Å². The van der Waals surface area contributed by atoms with Gasteiger partial charge in [-0.3, -0.25) is 4.79 Å². The van der Waals surface area contributed by atoms with Gasteiger partial charge in [-0.15, -0.1) is 0 Å². The molecule has 2 N–H and O–H groups in total. The Morgan fingerprint density at radius 3 is 1.79 bits per heavy atom. The Kier molecular flexibility index (Phi) is 3.11. The van der Waals surface area contributed by atoms with Crippen LogP contribution in [-0.2, 0) is 4.79 Å². The molecule has 2 aliphatic heterocycles. The third-order valence-corrected chi connectivity index (χ3v) is 2.73. The summed E-state index contributed by atoms with van der Waals surface area (Å²) in [6.07, 6.45) is 9.97. The first-order valence-electron chi connectivity index (χ1n) is 5.18. The third kappa shape index (κ3) is 2.11. The van der Waals surface area contributed by atoms with E-state index in [9.17, 15) is 4.79 Å². The van der Waals surface area contributed by atoms with Gasteiger partial charge < -0.3 is 10.6 Å². The van der Waals surface area contributed by atoms with Crippen molar-refractivity contribution in [2.24, 2.45) is 0 Å². The van der Waals surface area contributed by atoms with Gasteiger partial charge in [0.2, 0.25) is 0 Å². The molecule has 0 saturated heterocycles. The Hall–Kier alpha value is -0.930. The minimum absolute atomic E-state index is 0.0176. The van der Waals surface area contributed by atoms with Crippen LogP contribution in [0.3, 0.4) is 0 Å². The lowest BCUT2D eigenvalue weighted by Gasteiger charge is -2.25. The molecule has 76 valence electrons. The van der Waals surface area contributed by atoms with Gasteiger partial charge in [0.05, 0.1) is 12.1 Å². The fourth-order valence-corrected chi connectivity index (χ4v) is 1.89. The van der Waals surface area contributed by atoms with Crippen LogP contribution in [0.15, 0.2) is 24.3 Å². The lowest BCUT2D eigenvalue weighted by molar-refractivity contribution is -0.123. The molecule has 0 aromatic heterocycles. The van der Waals surface area contributed by atoms with Crippen LogP contribution in [0.4, 0.5) is 0 Å². The molecular formula is C11H16N2O. The zero-order valence-corrected chi connectivity index (χ0v) is 8.20. The second-order valence-electron chi connectivity index (χ2n) is 3.74. The molecule has 0 bridgehead atoms. The van der Waals surface area contributed by atoms with Gasteiger partial charge in [0.15, 0.2) is 5.78 Å². The van der Waals surface area contributed by atoms with Gasteiger partial charge in [0.25, 0.3) is 0 Å². The van der Waals surface area contributed by atoms with Crippen molar-refractivity contribution >= 4 is 5.78 Å². The predicted octanol–water partition coefficient (Wildman–Crippen LogP) is 0.392. The molecule has 14 heavy (non-hydrogen) atoms. The van der Waals surface area contributed by atoms with Gasteiger partial charge in [-0.2, -0.15) is 0 Å². The maximum atomic E-state index is 12.0. The molecule has 0 aliphatic carbocycles. The van der Waals surface area contributed by atoms with Crippen LogP contribution in [-0.4, -0.2) is 31.0 Å². The second-order valence-corrected chi connectivity index (χ2v) is 3.74. The monoisotopic (exact) mass is 192 g/mol. The summed E-state index contributed by atoms with van der Waals surface area (Å²) < 4.78 is 0. The topological polar surface area (TPSA) is 41.1 Å². The molecule has 0 aromatic rings. The quantitative estimate of drug-likeness (QED) is 0.622. The molecule has 2 atom stereocenters. The highest BCUT2D eigenvalue weighted by atomic mass is 16.1. The van der Waals surface area contributed by atoms with E-state index < -0.39 is 0 Å². The molecule has 0 saturated carbocycles. The van der Waals surface area contributed by atoms with E-state index in [1.807, 2.05) is 0 Å². The molecule has 3 heteroatoms. The van der Waals surface area contributed by atoms with Crippen molar-refractivity contribution in [3.8, 4) is 0 Å². The number of hydrogen-bond acceptors (Lipinski definition) is 3. The summed E-state index contributed by atoms with van der Waals surface area (Å²) in [6, 6.07) is 0.0352. The Labute approximate surface area is 84.3 Å². The first-order valence-corrected chi connectivity index (χ1v) is 5.18. The van der Waals surface area contributed by atoms with Gasteiger partial charge >= 0.3 is 0 Å². The summed E-state index contributed by atoms with van der Waals surface area (Å²) >= 11 is 0. The van der Waals surface area contributed by atoms with E-state index in [4.69, 9.17) is 0 Å². The SMILES string of the molecule is O=C(C1CC=CCN1)C1CC=CCN1.